The highest BCUT2D eigenvalue weighted by Gasteiger charge is 2.09. The highest BCUT2D eigenvalue weighted by Crippen LogP contribution is 2.17. The summed E-state index contributed by atoms with van der Waals surface area (Å²) in [5, 5.41) is 5.95. The van der Waals surface area contributed by atoms with Gasteiger partial charge in [0.25, 0.3) is 5.91 Å². The molecule has 0 spiro atoms. The van der Waals surface area contributed by atoms with Gasteiger partial charge in [-0.05, 0) is 34.1 Å². The topological polar surface area (TPSA) is 41.1 Å². The van der Waals surface area contributed by atoms with Gasteiger partial charge in [-0.15, -0.1) is 0 Å². The van der Waals surface area contributed by atoms with Crippen LogP contribution in [0.3, 0.4) is 0 Å². The van der Waals surface area contributed by atoms with E-state index in [1.54, 1.807) is 0 Å². The van der Waals surface area contributed by atoms with Crippen molar-refractivity contribution in [1.82, 2.24) is 10.6 Å². The van der Waals surface area contributed by atoms with E-state index in [1.165, 1.54) is 18.2 Å². The summed E-state index contributed by atoms with van der Waals surface area (Å²) in [6.45, 7) is 5.33. The number of hydrogen-bond acceptors (Lipinski definition) is 2. The molecule has 0 fully saturated rings. The van der Waals surface area contributed by atoms with Gasteiger partial charge in [-0.25, -0.2) is 4.39 Å². The Bertz CT molecular complexity index is 396. The molecule has 0 aliphatic rings. The third kappa shape index (κ3) is 4.83. The largest absolute Gasteiger partial charge is 0.351 e. The summed E-state index contributed by atoms with van der Waals surface area (Å²) in [7, 11) is 0. The fourth-order valence-electron chi connectivity index (χ4n) is 1.31. The molecule has 0 saturated heterocycles. The highest BCUT2D eigenvalue weighted by molar-refractivity contribution is 9.10. The van der Waals surface area contributed by atoms with E-state index in [-0.39, 0.29) is 11.7 Å². The van der Waals surface area contributed by atoms with Crippen LogP contribution < -0.4 is 10.6 Å². The van der Waals surface area contributed by atoms with Crippen LogP contribution in [0, 0.1) is 5.82 Å². The number of carbonyl (C=O) groups excluding carboxylic acids is 1. The maximum Gasteiger partial charge on any atom is 0.252 e. The molecule has 0 aliphatic heterocycles. The number of amides is 1. The second kappa shape index (κ2) is 6.71. The van der Waals surface area contributed by atoms with Crippen molar-refractivity contribution in [2.75, 3.05) is 13.1 Å². The Morgan fingerprint density at radius 2 is 2.12 bits per heavy atom. The normalized spacial score (nSPS) is 10.6. The van der Waals surface area contributed by atoms with Crippen molar-refractivity contribution in [2.45, 2.75) is 19.9 Å². The van der Waals surface area contributed by atoms with Crippen molar-refractivity contribution >= 4 is 21.8 Å². The number of nitrogens with one attached hydrogen (secondary N) is 2. The Labute approximate surface area is 109 Å². The van der Waals surface area contributed by atoms with Gasteiger partial charge >= 0.3 is 0 Å². The molecule has 0 bridgehead atoms. The van der Waals surface area contributed by atoms with Crippen molar-refractivity contribution in [1.29, 1.82) is 0 Å². The van der Waals surface area contributed by atoms with E-state index in [1.807, 2.05) is 13.8 Å². The van der Waals surface area contributed by atoms with Crippen LogP contribution in [0.15, 0.2) is 22.7 Å². The van der Waals surface area contributed by atoms with Gasteiger partial charge in [0.15, 0.2) is 0 Å². The molecular weight excluding hydrogens is 287 g/mol. The summed E-state index contributed by atoms with van der Waals surface area (Å²) in [4.78, 5) is 11.7. The number of halogens is 2. The zero-order chi connectivity index (χ0) is 12.8. The zero-order valence-corrected chi connectivity index (χ0v) is 11.5. The standard InChI is InChI=1S/C12H16BrFN2O/c1-8(2)15-5-6-16-12(17)10-4-3-9(14)7-11(10)13/h3-4,7-8,15H,5-6H2,1-2H3,(H,16,17). The molecule has 0 radical (unpaired) electrons. The van der Waals surface area contributed by atoms with Crippen LogP contribution in [-0.2, 0) is 0 Å². The lowest BCUT2D eigenvalue weighted by Crippen LogP contribution is -2.34. The molecule has 1 aromatic rings. The van der Waals surface area contributed by atoms with Crippen LogP contribution in [-0.4, -0.2) is 25.0 Å². The predicted molar refractivity (Wildman–Crippen MR) is 69.6 cm³/mol. The zero-order valence-electron chi connectivity index (χ0n) is 9.89. The van der Waals surface area contributed by atoms with Gasteiger partial charge in [-0.3, -0.25) is 4.79 Å². The molecule has 0 aliphatic carbocycles. The van der Waals surface area contributed by atoms with Crippen LogP contribution in [0.1, 0.15) is 24.2 Å². The van der Waals surface area contributed by atoms with Crippen molar-refractivity contribution in [3.05, 3.63) is 34.1 Å². The number of hydrogen-bond donors (Lipinski definition) is 2. The van der Waals surface area contributed by atoms with E-state index in [4.69, 9.17) is 0 Å². The Balaban J connectivity index is 2.47. The predicted octanol–water partition coefficient (Wildman–Crippen LogP) is 2.32. The first-order valence-electron chi connectivity index (χ1n) is 5.47. The minimum absolute atomic E-state index is 0.206. The van der Waals surface area contributed by atoms with Crippen LogP contribution in [0.2, 0.25) is 0 Å². The minimum Gasteiger partial charge on any atom is -0.351 e. The summed E-state index contributed by atoms with van der Waals surface area (Å²) in [6.07, 6.45) is 0. The Kier molecular flexibility index (Phi) is 5.58. The third-order valence-electron chi connectivity index (χ3n) is 2.14. The van der Waals surface area contributed by atoms with E-state index in [2.05, 4.69) is 26.6 Å². The summed E-state index contributed by atoms with van der Waals surface area (Å²) >= 11 is 3.16. The molecule has 17 heavy (non-hydrogen) atoms. The van der Waals surface area contributed by atoms with Crippen LogP contribution in [0.5, 0.6) is 0 Å². The Hall–Kier alpha value is -0.940. The SMILES string of the molecule is CC(C)NCCNC(=O)c1ccc(F)cc1Br. The van der Waals surface area contributed by atoms with Gasteiger partial charge in [0.05, 0.1) is 5.56 Å². The summed E-state index contributed by atoms with van der Waals surface area (Å²) in [5.41, 5.74) is 0.441. The van der Waals surface area contributed by atoms with Gasteiger partial charge < -0.3 is 10.6 Å². The van der Waals surface area contributed by atoms with Gasteiger partial charge in [0, 0.05) is 23.6 Å². The summed E-state index contributed by atoms with van der Waals surface area (Å²) in [5.74, 6) is -0.572. The molecule has 3 nitrogen and oxygen atoms in total. The van der Waals surface area contributed by atoms with Crippen molar-refractivity contribution in [2.24, 2.45) is 0 Å². The van der Waals surface area contributed by atoms with E-state index in [0.717, 1.165) is 0 Å². The van der Waals surface area contributed by atoms with Crippen molar-refractivity contribution in [3.8, 4) is 0 Å². The van der Waals surface area contributed by atoms with Crippen LogP contribution in [0.4, 0.5) is 4.39 Å². The monoisotopic (exact) mass is 302 g/mol. The molecule has 5 heteroatoms. The first kappa shape index (κ1) is 14.1. The average Bonchev–Trinajstić information content (AvgIpc) is 2.23. The highest BCUT2D eigenvalue weighted by atomic mass is 79.9. The fraction of sp³-hybridized carbons (Fsp3) is 0.417. The first-order chi connectivity index (χ1) is 8.00. The average molecular weight is 303 g/mol. The van der Waals surface area contributed by atoms with Gasteiger partial charge in [-0.2, -0.15) is 0 Å². The quantitative estimate of drug-likeness (QED) is 0.820. The summed E-state index contributed by atoms with van der Waals surface area (Å²) in [6, 6.07) is 4.40. The molecular formula is C12H16BrFN2O. The summed E-state index contributed by atoms with van der Waals surface area (Å²) < 4.78 is 13.3. The minimum atomic E-state index is -0.366. The lowest BCUT2D eigenvalue weighted by atomic mass is 10.2. The lowest BCUT2D eigenvalue weighted by Gasteiger charge is -2.09. The number of benzene rings is 1. The fourth-order valence-corrected chi connectivity index (χ4v) is 1.84. The second-order valence-corrected chi connectivity index (χ2v) is 4.84. The van der Waals surface area contributed by atoms with E-state index in [9.17, 15) is 9.18 Å². The van der Waals surface area contributed by atoms with Crippen LogP contribution >= 0.6 is 15.9 Å². The molecule has 1 amide bonds. The molecule has 94 valence electrons. The lowest BCUT2D eigenvalue weighted by molar-refractivity contribution is 0.0953. The second-order valence-electron chi connectivity index (χ2n) is 3.99. The maximum atomic E-state index is 12.8. The van der Waals surface area contributed by atoms with Gasteiger partial charge in [0.2, 0.25) is 0 Å². The molecule has 0 atom stereocenters. The molecule has 0 unspecified atom stereocenters. The molecule has 1 aromatic carbocycles. The Morgan fingerprint density at radius 3 is 2.71 bits per heavy atom. The smallest absolute Gasteiger partial charge is 0.252 e. The molecule has 1 rings (SSSR count). The van der Waals surface area contributed by atoms with E-state index in [0.29, 0.717) is 29.2 Å². The number of rotatable bonds is 5. The molecule has 0 aromatic heterocycles. The van der Waals surface area contributed by atoms with E-state index < -0.39 is 0 Å². The Morgan fingerprint density at radius 1 is 1.41 bits per heavy atom. The molecule has 0 saturated carbocycles. The third-order valence-corrected chi connectivity index (χ3v) is 2.79. The molecule has 0 heterocycles. The van der Waals surface area contributed by atoms with Crippen LogP contribution in [0.25, 0.3) is 0 Å². The number of carbonyl (C=O) groups is 1. The van der Waals surface area contributed by atoms with Gasteiger partial charge in [0.1, 0.15) is 5.82 Å². The van der Waals surface area contributed by atoms with Crippen molar-refractivity contribution < 1.29 is 9.18 Å². The maximum absolute atomic E-state index is 12.8. The molecule has 2 N–H and O–H groups in total. The van der Waals surface area contributed by atoms with E-state index >= 15 is 0 Å². The van der Waals surface area contributed by atoms with Gasteiger partial charge in [-0.1, -0.05) is 13.8 Å². The van der Waals surface area contributed by atoms with Crippen molar-refractivity contribution in [3.63, 3.8) is 0 Å². The first-order valence-corrected chi connectivity index (χ1v) is 6.26.